The number of halogens is 2. The Bertz CT molecular complexity index is 955. The smallest absolute Gasteiger partial charge is 0.254 e. The van der Waals surface area contributed by atoms with Crippen LogP contribution in [0.25, 0.3) is 5.78 Å². The van der Waals surface area contributed by atoms with Crippen LogP contribution in [0.4, 0.5) is 16.0 Å². The second kappa shape index (κ2) is 6.04. The quantitative estimate of drug-likeness (QED) is 0.756. The zero-order chi connectivity index (χ0) is 17.4. The Morgan fingerprint density at radius 2 is 2.12 bits per heavy atom. The predicted octanol–water partition coefficient (Wildman–Crippen LogP) is 2.30. The summed E-state index contributed by atoms with van der Waals surface area (Å²) >= 11 is 5.71. The Kier molecular flexibility index (Phi) is 4.06. The Morgan fingerprint density at radius 1 is 1.38 bits per heavy atom. The summed E-state index contributed by atoms with van der Waals surface area (Å²) in [6.45, 7) is 3.60. The maximum absolute atomic E-state index is 13.2. The first-order chi connectivity index (χ1) is 11.3. The molecule has 3 N–H and O–H groups in total. The van der Waals surface area contributed by atoms with Crippen LogP contribution in [-0.4, -0.2) is 25.5 Å². The number of anilines is 2. The van der Waals surface area contributed by atoms with Gasteiger partial charge in [0.05, 0.1) is 11.4 Å². The summed E-state index contributed by atoms with van der Waals surface area (Å²) in [5.41, 5.74) is 8.12. The largest absolute Gasteiger partial charge is 0.366 e. The van der Waals surface area contributed by atoms with Crippen LogP contribution in [0.5, 0.6) is 0 Å². The summed E-state index contributed by atoms with van der Waals surface area (Å²) < 4.78 is 14.7. The Morgan fingerprint density at radius 3 is 2.83 bits per heavy atom. The fourth-order valence-electron chi connectivity index (χ4n) is 2.42. The van der Waals surface area contributed by atoms with E-state index in [0.717, 1.165) is 11.3 Å². The van der Waals surface area contributed by atoms with Crippen molar-refractivity contribution in [3.63, 3.8) is 0 Å². The second-order valence-corrected chi connectivity index (χ2v) is 5.70. The molecule has 0 fully saturated rings. The Labute approximate surface area is 141 Å². The number of hydrogen-bond donors (Lipinski definition) is 2. The number of hydrogen-bond acceptors (Lipinski definition) is 5. The zero-order valence-electron chi connectivity index (χ0n) is 13.0. The van der Waals surface area contributed by atoms with Crippen LogP contribution in [0.3, 0.4) is 0 Å². The van der Waals surface area contributed by atoms with Crippen molar-refractivity contribution in [3.05, 3.63) is 46.0 Å². The molecule has 2 aromatic heterocycles. The van der Waals surface area contributed by atoms with Gasteiger partial charge in [-0.15, -0.1) is 5.10 Å². The van der Waals surface area contributed by atoms with E-state index in [4.69, 9.17) is 17.3 Å². The third-order valence-corrected chi connectivity index (χ3v) is 3.90. The molecular weight excluding hydrogens is 335 g/mol. The highest BCUT2D eigenvalue weighted by molar-refractivity contribution is 6.31. The number of amides is 1. The van der Waals surface area contributed by atoms with E-state index < -0.39 is 5.82 Å². The summed E-state index contributed by atoms with van der Waals surface area (Å²) in [4.78, 5) is 20.6. The number of rotatable bonds is 3. The molecule has 0 saturated heterocycles. The minimum absolute atomic E-state index is 0.0543. The number of nitrogens with two attached hydrogens (primary N) is 1. The van der Waals surface area contributed by atoms with E-state index in [0.29, 0.717) is 17.2 Å². The van der Waals surface area contributed by atoms with Crippen LogP contribution in [0.2, 0.25) is 5.02 Å². The summed E-state index contributed by atoms with van der Waals surface area (Å²) in [7, 11) is 0. The molecular formula is C15H14ClFN6O. The maximum Gasteiger partial charge on any atom is 0.254 e. The van der Waals surface area contributed by atoms with Crippen molar-refractivity contribution in [1.29, 1.82) is 0 Å². The molecule has 2 heterocycles. The number of benzene rings is 1. The Hall–Kier alpha value is -2.74. The highest BCUT2D eigenvalue weighted by atomic mass is 35.5. The number of nitrogens with one attached hydrogen (secondary N) is 1. The highest BCUT2D eigenvalue weighted by Gasteiger charge is 2.15. The number of aryl methyl sites for hydroxylation is 2. The van der Waals surface area contributed by atoms with E-state index in [1.807, 2.05) is 6.92 Å². The van der Waals surface area contributed by atoms with E-state index in [-0.39, 0.29) is 23.3 Å². The molecule has 124 valence electrons. The summed E-state index contributed by atoms with van der Waals surface area (Å²) in [5, 5.41) is 6.68. The standard InChI is InChI=1S/C15H14ClFN6O/c1-7-10(8(2)23-15(19-7)21-14(18)22-23)6-13(24)20-9-3-4-12(17)11(16)5-9/h3-5H,6H2,1-2H3,(H2,18,22)(H,20,24). The van der Waals surface area contributed by atoms with Gasteiger partial charge in [-0.3, -0.25) is 4.79 Å². The van der Waals surface area contributed by atoms with Crippen molar-refractivity contribution in [2.75, 3.05) is 11.1 Å². The van der Waals surface area contributed by atoms with Crippen LogP contribution >= 0.6 is 11.6 Å². The van der Waals surface area contributed by atoms with Crippen LogP contribution in [-0.2, 0) is 11.2 Å². The molecule has 9 heteroatoms. The van der Waals surface area contributed by atoms with Crippen molar-refractivity contribution in [2.45, 2.75) is 20.3 Å². The normalized spacial score (nSPS) is 11.0. The minimum atomic E-state index is -0.542. The lowest BCUT2D eigenvalue weighted by atomic mass is 10.1. The first kappa shape index (κ1) is 16.1. The van der Waals surface area contributed by atoms with Crippen molar-refractivity contribution < 1.29 is 9.18 Å². The van der Waals surface area contributed by atoms with Gasteiger partial charge in [0.1, 0.15) is 5.82 Å². The minimum Gasteiger partial charge on any atom is -0.366 e. The predicted molar refractivity (Wildman–Crippen MR) is 88.4 cm³/mol. The van der Waals surface area contributed by atoms with Gasteiger partial charge in [0.25, 0.3) is 5.78 Å². The SMILES string of the molecule is Cc1nc2nc(N)nn2c(C)c1CC(=O)Nc1ccc(F)c(Cl)c1. The molecule has 3 aromatic rings. The lowest BCUT2D eigenvalue weighted by molar-refractivity contribution is -0.115. The van der Waals surface area contributed by atoms with Gasteiger partial charge in [0.2, 0.25) is 11.9 Å². The monoisotopic (exact) mass is 348 g/mol. The zero-order valence-corrected chi connectivity index (χ0v) is 13.7. The van der Waals surface area contributed by atoms with Gasteiger partial charge in [-0.05, 0) is 32.0 Å². The van der Waals surface area contributed by atoms with Crippen LogP contribution in [0.1, 0.15) is 17.0 Å². The molecule has 3 rings (SSSR count). The average molecular weight is 349 g/mol. The first-order valence-corrected chi connectivity index (χ1v) is 7.46. The molecule has 0 aliphatic carbocycles. The number of carbonyl (C=O) groups excluding carboxylic acids is 1. The highest BCUT2D eigenvalue weighted by Crippen LogP contribution is 2.20. The van der Waals surface area contributed by atoms with E-state index in [1.165, 1.54) is 22.7 Å². The van der Waals surface area contributed by atoms with Gasteiger partial charge in [0.15, 0.2) is 0 Å². The molecule has 0 aliphatic rings. The number of nitrogens with zero attached hydrogens (tertiary/aromatic N) is 4. The van der Waals surface area contributed by atoms with E-state index in [1.54, 1.807) is 6.92 Å². The van der Waals surface area contributed by atoms with Gasteiger partial charge in [-0.2, -0.15) is 9.50 Å². The lowest BCUT2D eigenvalue weighted by Gasteiger charge is -2.11. The average Bonchev–Trinajstić information content (AvgIpc) is 2.88. The van der Waals surface area contributed by atoms with E-state index in [2.05, 4.69) is 20.4 Å². The van der Waals surface area contributed by atoms with Crippen molar-refractivity contribution in [3.8, 4) is 0 Å². The third kappa shape index (κ3) is 3.00. The number of fused-ring (bicyclic) bond motifs is 1. The van der Waals surface area contributed by atoms with Crippen LogP contribution in [0, 0.1) is 19.7 Å². The van der Waals surface area contributed by atoms with Gasteiger partial charge >= 0.3 is 0 Å². The first-order valence-electron chi connectivity index (χ1n) is 7.08. The summed E-state index contributed by atoms with van der Waals surface area (Å²) in [5.74, 6) is -0.317. The molecule has 0 atom stereocenters. The number of carbonyl (C=O) groups is 1. The van der Waals surface area contributed by atoms with Gasteiger partial charge in [0, 0.05) is 22.6 Å². The van der Waals surface area contributed by atoms with E-state index >= 15 is 0 Å². The fraction of sp³-hybridized carbons (Fsp3) is 0.200. The maximum atomic E-state index is 13.2. The van der Waals surface area contributed by atoms with Crippen molar-refractivity contribution in [2.24, 2.45) is 0 Å². The molecule has 0 bridgehead atoms. The van der Waals surface area contributed by atoms with Crippen molar-refractivity contribution in [1.82, 2.24) is 19.6 Å². The van der Waals surface area contributed by atoms with Gasteiger partial charge < -0.3 is 11.1 Å². The molecule has 24 heavy (non-hydrogen) atoms. The van der Waals surface area contributed by atoms with Gasteiger partial charge in [-0.25, -0.2) is 9.37 Å². The molecule has 0 aliphatic heterocycles. The molecule has 0 spiro atoms. The second-order valence-electron chi connectivity index (χ2n) is 5.30. The van der Waals surface area contributed by atoms with Crippen molar-refractivity contribution >= 4 is 34.9 Å². The van der Waals surface area contributed by atoms with Crippen LogP contribution < -0.4 is 11.1 Å². The summed E-state index contributed by atoms with van der Waals surface area (Å²) in [6, 6.07) is 3.99. The lowest BCUT2D eigenvalue weighted by Crippen LogP contribution is -2.17. The molecule has 7 nitrogen and oxygen atoms in total. The molecule has 0 radical (unpaired) electrons. The number of nitrogen functional groups attached to an aromatic ring is 1. The molecule has 0 saturated carbocycles. The summed E-state index contributed by atoms with van der Waals surface area (Å²) in [6.07, 6.45) is 0.0787. The van der Waals surface area contributed by atoms with Gasteiger partial charge in [-0.1, -0.05) is 11.6 Å². The molecule has 1 amide bonds. The topological polar surface area (TPSA) is 98.2 Å². The third-order valence-electron chi connectivity index (χ3n) is 3.61. The molecule has 1 aromatic carbocycles. The molecule has 0 unspecified atom stereocenters. The Balaban J connectivity index is 1.86. The number of aromatic nitrogens is 4. The van der Waals surface area contributed by atoms with Crippen LogP contribution in [0.15, 0.2) is 18.2 Å². The fourth-order valence-corrected chi connectivity index (χ4v) is 2.60. The van der Waals surface area contributed by atoms with E-state index in [9.17, 15) is 9.18 Å².